The third kappa shape index (κ3) is 6.07. The summed E-state index contributed by atoms with van der Waals surface area (Å²) in [5.74, 6) is 0.221. The predicted molar refractivity (Wildman–Crippen MR) is 128 cm³/mol. The molecule has 3 N–H and O–H groups in total. The Morgan fingerprint density at radius 2 is 2.12 bits per heavy atom. The quantitative estimate of drug-likeness (QED) is 0.382. The lowest BCUT2D eigenvalue weighted by molar-refractivity contribution is -0.134. The summed E-state index contributed by atoms with van der Waals surface area (Å²) in [6.07, 6.45) is 6.64. The highest BCUT2D eigenvalue weighted by molar-refractivity contribution is 6.42. The number of anilines is 1. The van der Waals surface area contributed by atoms with Gasteiger partial charge in [0.05, 0.1) is 42.8 Å². The Hall–Kier alpha value is -4.40. The maximum absolute atomic E-state index is 12.4. The lowest BCUT2D eigenvalue weighted by Gasteiger charge is -2.13. The molecule has 33 heavy (non-hydrogen) atoms. The van der Waals surface area contributed by atoms with Crippen molar-refractivity contribution in [3.8, 4) is 11.4 Å². The average Bonchev–Trinajstić information content (AvgIpc) is 3.25. The maximum atomic E-state index is 12.4. The van der Waals surface area contributed by atoms with E-state index >= 15 is 0 Å². The fraction of sp³-hybridized carbons (Fsp3) is 0.167. The average molecular weight is 447 g/mol. The molecule has 9 heteroatoms. The number of ether oxygens (including phenoxy) is 2. The summed E-state index contributed by atoms with van der Waals surface area (Å²) in [5.41, 5.74) is 9.29. The summed E-state index contributed by atoms with van der Waals surface area (Å²) >= 11 is 0. The van der Waals surface area contributed by atoms with E-state index in [0.717, 1.165) is 11.4 Å². The Morgan fingerprint density at radius 3 is 2.76 bits per heavy atom. The molecule has 170 valence electrons. The molecule has 1 aromatic carbocycles. The zero-order valence-electron chi connectivity index (χ0n) is 18.8. The molecular formula is C24H26N6O3. The number of carbonyl (C=O) groups is 1. The van der Waals surface area contributed by atoms with Crippen molar-refractivity contribution in [1.82, 2.24) is 14.5 Å². The topological polar surface area (TPSA) is 117 Å². The number of nitrogens with zero attached hydrogens (tertiary/aromatic N) is 4. The summed E-state index contributed by atoms with van der Waals surface area (Å²) in [6.45, 7) is 7.73. The van der Waals surface area contributed by atoms with Crippen LogP contribution in [0.3, 0.4) is 0 Å². The van der Waals surface area contributed by atoms with Crippen molar-refractivity contribution >= 4 is 23.1 Å². The normalized spacial score (nSPS) is 11.7. The molecule has 0 amide bonds. The van der Waals surface area contributed by atoms with Gasteiger partial charge >= 0.3 is 5.97 Å². The minimum atomic E-state index is -0.622. The summed E-state index contributed by atoms with van der Waals surface area (Å²) in [6, 6.07) is 10.8. The Morgan fingerprint density at radius 1 is 1.30 bits per heavy atom. The summed E-state index contributed by atoms with van der Waals surface area (Å²) < 4.78 is 12.5. The zero-order chi connectivity index (χ0) is 23.8. The number of benzene rings is 1. The number of rotatable bonds is 9. The van der Waals surface area contributed by atoms with Crippen LogP contribution in [0.4, 0.5) is 5.69 Å². The lowest BCUT2D eigenvalue weighted by atomic mass is 10.2. The van der Waals surface area contributed by atoms with Gasteiger partial charge in [-0.05, 0) is 44.2 Å². The van der Waals surface area contributed by atoms with E-state index in [2.05, 4.69) is 26.9 Å². The number of hydrogen-bond donors (Lipinski definition) is 2. The van der Waals surface area contributed by atoms with Crippen molar-refractivity contribution in [2.45, 2.75) is 13.8 Å². The smallest absolute Gasteiger partial charge is 0.357 e. The Balaban J connectivity index is 1.85. The second kappa shape index (κ2) is 10.8. The number of carbonyl (C=O) groups excluding carboxylic acids is 1. The Kier molecular flexibility index (Phi) is 7.59. The highest BCUT2D eigenvalue weighted by Gasteiger charge is 2.13. The fourth-order valence-corrected chi connectivity index (χ4v) is 2.96. The molecule has 2 aromatic heterocycles. The van der Waals surface area contributed by atoms with Crippen LogP contribution in [-0.4, -0.2) is 39.9 Å². The summed E-state index contributed by atoms with van der Waals surface area (Å²) in [7, 11) is 1.59. The first-order valence-corrected chi connectivity index (χ1v) is 10.2. The van der Waals surface area contributed by atoms with Gasteiger partial charge in [0.15, 0.2) is 5.71 Å². The number of hydrogen-bond acceptors (Lipinski definition) is 8. The third-order valence-corrected chi connectivity index (χ3v) is 4.45. The summed E-state index contributed by atoms with van der Waals surface area (Å²) in [4.78, 5) is 25.1. The standard InChI is InChI=1S/C24H26N6O3/c1-5-33-24(31)21(13-19(25)20-8-6-7-11-26-20)29-17(3)28-18-9-10-22(23(12-18)32-4)30-14-16(2)27-15-30/h6-15,28H,3,5,25H2,1-2,4H3/b19-13-,29-21+. The van der Waals surface area contributed by atoms with E-state index in [9.17, 15) is 4.79 Å². The van der Waals surface area contributed by atoms with Crippen molar-refractivity contribution in [1.29, 1.82) is 0 Å². The highest BCUT2D eigenvalue weighted by atomic mass is 16.5. The van der Waals surface area contributed by atoms with E-state index in [0.29, 0.717) is 17.1 Å². The monoisotopic (exact) mass is 446 g/mol. The van der Waals surface area contributed by atoms with E-state index in [-0.39, 0.29) is 23.8 Å². The summed E-state index contributed by atoms with van der Waals surface area (Å²) in [5, 5.41) is 3.06. The molecule has 0 spiro atoms. The number of aromatic nitrogens is 3. The molecule has 0 saturated heterocycles. The van der Waals surface area contributed by atoms with Gasteiger partial charge in [-0.1, -0.05) is 12.6 Å². The van der Waals surface area contributed by atoms with Crippen molar-refractivity contribution in [3.63, 3.8) is 0 Å². The fourth-order valence-electron chi connectivity index (χ4n) is 2.96. The number of nitrogens with two attached hydrogens (primary N) is 1. The molecule has 0 aliphatic carbocycles. The van der Waals surface area contributed by atoms with Gasteiger partial charge in [-0.15, -0.1) is 0 Å². The second-order valence-electron chi connectivity index (χ2n) is 6.91. The van der Waals surface area contributed by atoms with Gasteiger partial charge in [0.1, 0.15) is 11.6 Å². The van der Waals surface area contributed by atoms with Crippen LogP contribution in [0.5, 0.6) is 5.75 Å². The molecular weight excluding hydrogens is 420 g/mol. The van der Waals surface area contributed by atoms with Crippen LogP contribution in [-0.2, 0) is 9.53 Å². The first-order chi connectivity index (χ1) is 15.9. The number of imidazole rings is 1. The minimum Gasteiger partial charge on any atom is -0.494 e. The van der Waals surface area contributed by atoms with Crippen LogP contribution in [0.1, 0.15) is 18.3 Å². The maximum Gasteiger partial charge on any atom is 0.357 e. The van der Waals surface area contributed by atoms with E-state index in [4.69, 9.17) is 15.2 Å². The van der Waals surface area contributed by atoms with Gasteiger partial charge in [0.25, 0.3) is 0 Å². The van der Waals surface area contributed by atoms with Crippen LogP contribution in [0, 0.1) is 6.92 Å². The first-order valence-electron chi connectivity index (χ1n) is 10.2. The molecule has 3 aromatic rings. The Labute approximate surface area is 192 Å². The molecule has 0 saturated carbocycles. The van der Waals surface area contributed by atoms with Crippen molar-refractivity contribution < 1.29 is 14.3 Å². The van der Waals surface area contributed by atoms with E-state index < -0.39 is 5.97 Å². The number of methoxy groups -OCH3 is 1. The van der Waals surface area contributed by atoms with Crippen LogP contribution in [0.15, 0.2) is 78.6 Å². The van der Waals surface area contributed by atoms with Gasteiger partial charge in [0.2, 0.25) is 0 Å². The van der Waals surface area contributed by atoms with Crippen LogP contribution >= 0.6 is 0 Å². The van der Waals surface area contributed by atoms with Crippen LogP contribution in [0.2, 0.25) is 0 Å². The van der Waals surface area contributed by atoms with Gasteiger partial charge in [-0.3, -0.25) is 4.98 Å². The molecule has 0 aliphatic rings. The molecule has 0 atom stereocenters. The van der Waals surface area contributed by atoms with Gasteiger partial charge < -0.3 is 25.1 Å². The second-order valence-corrected chi connectivity index (χ2v) is 6.91. The lowest BCUT2D eigenvalue weighted by Crippen LogP contribution is -2.18. The first kappa shape index (κ1) is 23.3. The molecule has 9 nitrogen and oxygen atoms in total. The predicted octanol–water partition coefficient (Wildman–Crippen LogP) is 3.47. The van der Waals surface area contributed by atoms with Gasteiger partial charge in [0, 0.05) is 24.1 Å². The number of esters is 1. The van der Waals surface area contributed by atoms with Crippen molar-refractivity contribution in [2.24, 2.45) is 10.7 Å². The molecule has 0 fully saturated rings. The number of aryl methyl sites for hydroxylation is 1. The molecule has 3 rings (SSSR count). The van der Waals surface area contributed by atoms with Crippen LogP contribution < -0.4 is 15.8 Å². The van der Waals surface area contributed by atoms with E-state index in [1.165, 1.54) is 6.08 Å². The van der Waals surface area contributed by atoms with Gasteiger partial charge in [-0.25, -0.2) is 14.8 Å². The minimum absolute atomic E-state index is 0.00465. The van der Waals surface area contributed by atoms with Crippen molar-refractivity contribution in [3.05, 3.63) is 85.0 Å². The molecule has 2 heterocycles. The zero-order valence-corrected chi connectivity index (χ0v) is 18.8. The number of nitrogens with one attached hydrogen (secondary N) is 1. The van der Waals surface area contributed by atoms with Gasteiger partial charge in [-0.2, -0.15) is 0 Å². The molecule has 0 unspecified atom stereocenters. The molecule has 0 aliphatic heterocycles. The molecule has 0 bridgehead atoms. The Bertz CT molecular complexity index is 1200. The SMILES string of the molecule is C=C(/N=C(\C=C(/N)c1ccccn1)C(=O)OCC)Nc1ccc(-n2cnc(C)c2)c(OC)c1. The van der Waals surface area contributed by atoms with Crippen LogP contribution in [0.25, 0.3) is 11.4 Å². The third-order valence-electron chi connectivity index (χ3n) is 4.45. The highest BCUT2D eigenvalue weighted by Crippen LogP contribution is 2.27. The number of pyridine rings is 1. The van der Waals surface area contributed by atoms with Crippen molar-refractivity contribution in [2.75, 3.05) is 19.0 Å². The molecule has 0 radical (unpaired) electrons. The number of aliphatic imine (C=N–C) groups is 1. The van der Waals surface area contributed by atoms with E-state index in [1.807, 2.05) is 29.8 Å². The largest absolute Gasteiger partial charge is 0.494 e. The van der Waals surface area contributed by atoms with E-state index in [1.54, 1.807) is 50.8 Å².